The van der Waals surface area contributed by atoms with Crippen molar-refractivity contribution in [3.63, 3.8) is 0 Å². The lowest BCUT2D eigenvalue weighted by Gasteiger charge is -2.26. The Morgan fingerprint density at radius 2 is 1.56 bits per heavy atom. The van der Waals surface area contributed by atoms with Gasteiger partial charge >= 0.3 is 0 Å². The molecule has 2 heteroatoms. The molecule has 0 spiro atoms. The van der Waals surface area contributed by atoms with E-state index in [0.29, 0.717) is 5.56 Å². The normalized spacial score (nSPS) is 18.4. The maximum Gasteiger partial charge on any atom is 0.131 e. The van der Waals surface area contributed by atoms with Crippen LogP contribution in [0.5, 0.6) is 5.75 Å². The number of aryl methyl sites for hydroxylation is 3. The van der Waals surface area contributed by atoms with E-state index in [1.165, 1.54) is 56.1 Å². The van der Waals surface area contributed by atoms with Gasteiger partial charge in [0.1, 0.15) is 11.6 Å². The predicted molar refractivity (Wildman–Crippen MR) is 144 cm³/mol. The molecule has 188 valence electrons. The van der Waals surface area contributed by atoms with Gasteiger partial charge in [-0.25, -0.2) is 4.39 Å². The second kappa shape index (κ2) is 13.3. The molecular formula is C32H47FO. The molecule has 0 aromatic heterocycles. The first-order valence-corrected chi connectivity index (χ1v) is 14.1. The Morgan fingerprint density at radius 3 is 2.12 bits per heavy atom. The van der Waals surface area contributed by atoms with Gasteiger partial charge in [0.2, 0.25) is 0 Å². The van der Waals surface area contributed by atoms with E-state index in [2.05, 4.69) is 52.8 Å². The summed E-state index contributed by atoms with van der Waals surface area (Å²) in [6, 6.07) is 10.2. The van der Waals surface area contributed by atoms with Crippen molar-refractivity contribution in [2.24, 2.45) is 17.8 Å². The van der Waals surface area contributed by atoms with Crippen molar-refractivity contribution in [1.29, 1.82) is 0 Å². The molecule has 1 fully saturated rings. The topological polar surface area (TPSA) is 9.23 Å². The summed E-state index contributed by atoms with van der Waals surface area (Å²) >= 11 is 0. The molecule has 34 heavy (non-hydrogen) atoms. The van der Waals surface area contributed by atoms with Crippen LogP contribution in [0.1, 0.15) is 103 Å². The first-order valence-electron chi connectivity index (χ1n) is 14.1. The van der Waals surface area contributed by atoms with Crippen molar-refractivity contribution in [2.45, 2.75) is 105 Å². The summed E-state index contributed by atoms with van der Waals surface area (Å²) in [5.41, 5.74) is 5.20. The summed E-state index contributed by atoms with van der Waals surface area (Å²) in [4.78, 5) is 0. The van der Waals surface area contributed by atoms with Crippen LogP contribution in [-0.4, -0.2) is 6.61 Å². The SMILES string of the molecule is CCc1cc(-c2ccc(CCC3CCC(C)CC3)cc2F)cc(CC)c1OCCC(CC)CC. The highest BCUT2D eigenvalue weighted by Gasteiger charge is 2.19. The molecule has 0 amide bonds. The number of ether oxygens (including phenoxy) is 1. The molecule has 1 saturated carbocycles. The minimum atomic E-state index is -0.0960. The smallest absolute Gasteiger partial charge is 0.131 e. The van der Waals surface area contributed by atoms with E-state index in [1.54, 1.807) is 6.07 Å². The molecule has 1 aliphatic rings. The molecule has 0 aliphatic heterocycles. The van der Waals surface area contributed by atoms with Gasteiger partial charge in [-0.1, -0.05) is 85.3 Å². The zero-order valence-electron chi connectivity index (χ0n) is 22.4. The summed E-state index contributed by atoms with van der Waals surface area (Å²) in [6.45, 7) is 12.0. The van der Waals surface area contributed by atoms with Crippen LogP contribution < -0.4 is 4.74 Å². The molecule has 0 unspecified atom stereocenters. The Balaban J connectivity index is 1.72. The van der Waals surface area contributed by atoms with Gasteiger partial charge in [0, 0.05) is 5.56 Å². The lowest BCUT2D eigenvalue weighted by atomic mass is 9.80. The molecule has 0 bridgehead atoms. The molecule has 1 nitrogen and oxygen atoms in total. The Hall–Kier alpha value is -1.83. The fourth-order valence-electron chi connectivity index (χ4n) is 5.58. The van der Waals surface area contributed by atoms with Crippen LogP contribution in [0, 0.1) is 23.6 Å². The standard InChI is InChI=1S/C32H47FO/c1-6-24(7-2)18-19-34-32-27(8-3)21-29(22-28(32)9-4)30-17-16-26(20-31(30)33)15-14-25-12-10-23(5)11-13-25/h16-17,20-25H,6-15,18-19H2,1-5H3. The van der Waals surface area contributed by atoms with Crippen molar-refractivity contribution in [3.05, 3.63) is 52.8 Å². The Kier molecular flexibility index (Phi) is 10.5. The fourth-order valence-corrected chi connectivity index (χ4v) is 5.58. The Labute approximate surface area is 208 Å². The predicted octanol–water partition coefficient (Wildman–Crippen LogP) is 9.58. The van der Waals surface area contributed by atoms with Crippen molar-refractivity contribution < 1.29 is 9.13 Å². The van der Waals surface area contributed by atoms with Crippen molar-refractivity contribution in [1.82, 2.24) is 0 Å². The first kappa shape index (κ1) is 26.8. The monoisotopic (exact) mass is 466 g/mol. The summed E-state index contributed by atoms with van der Waals surface area (Å²) in [5, 5.41) is 0. The van der Waals surface area contributed by atoms with Crippen LogP contribution in [0.4, 0.5) is 4.39 Å². The lowest BCUT2D eigenvalue weighted by molar-refractivity contribution is 0.268. The van der Waals surface area contributed by atoms with E-state index < -0.39 is 0 Å². The number of hydrogen-bond donors (Lipinski definition) is 0. The average Bonchev–Trinajstić information content (AvgIpc) is 2.86. The molecule has 0 saturated heterocycles. The molecule has 0 heterocycles. The van der Waals surface area contributed by atoms with E-state index in [0.717, 1.165) is 66.9 Å². The highest BCUT2D eigenvalue weighted by molar-refractivity contribution is 5.68. The minimum absolute atomic E-state index is 0.0960. The number of rotatable bonds is 12. The van der Waals surface area contributed by atoms with E-state index >= 15 is 4.39 Å². The summed E-state index contributed by atoms with van der Waals surface area (Å²) in [5.74, 6) is 3.36. The van der Waals surface area contributed by atoms with Crippen molar-refractivity contribution >= 4 is 0 Å². The summed E-state index contributed by atoms with van der Waals surface area (Å²) in [6.07, 6.45) is 12.8. The highest BCUT2D eigenvalue weighted by atomic mass is 19.1. The van der Waals surface area contributed by atoms with Gasteiger partial charge in [-0.2, -0.15) is 0 Å². The second-order valence-electron chi connectivity index (χ2n) is 10.6. The Bertz CT molecular complexity index is 865. The van der Waals surface area contributed by atoms with E-state index in [1.807, 2.05) is 6.07 Å². The number of benzene rings is 2. The Morgan fingerprint density at radius 1 is 0.912 bits per heavy atom. The maximum atomic E-state index is 15.3. The maximum absolute atomic E-state index is 15.3. The van der Waals surface area contributed by atoms with E-state index in [-0.39, 0.29) is 5.82 Å². The zero-order chi connectivity index (χ0) is 24.5. The molecule has 0 radical (unpaired) electrons. The zero-order valence-corrected chi connectivity index (χ0v) is 22.4. The van der Waals surface area contributed by atoms with Crippen molar-refractivity contribution in [2.75, 3.05) is 6.61 Å². The second-order valence-corrected chi connectivity index (χ2v) is 10.6. The van der Waals surface area contributed by atoms with E-state index in [9.17, 15) is 0 Å². The molecule has 2 aromatic rings. The largest absolute Gasteiger partial charge is 0.493 e. The van der Waals surface area contributed by atoms with Crippen LogP contribution in [-0.2, 0) is 19.3 Å². The third-order valence-electron chi connectivity index (χ3n) is 8.25. The number of halogens is 1. The van der Waals surface area contributed by atoms with Gasteiger partial charge in [-0.15, -0.1) is 0 Å². The molecule has 3 rings (SSSR count). The highest BCUT2D eigenvalue weighted by Crippen LogP contribution is 2.35. The average molecular weight is 467 g/mol. The molecule has 1 aliphatic carbocycles. The van der Waals surface area contributed by atoms with Crippen molar-refractivity contribution in [3.8, 4) is 16.9 Å². The van der Waals surface area contributed by atoms with Gasteiger partial charge < -0.3 is 4.74 Å². The van der Waals surface area contributed by atoms with E-state index in [4.69, 9.17) is 4.74 Å². The molecular weight excluding hydrogens is 419 g/mol. The third kappa shape index (κ3) is 7.09. The number of hydrogen-bond acceptors (Lipinski definition) is 1. The van der Waals surface area contributed by atoms with Crippen LogP contribution in [0.3, 0.4) is 0 Å². The third-order valence-corrected chi connectivity index (χ3v) is 8.25. The fraction of sp³-hybridized carbons (Fsp3) is 0.625. The van der Waals surface area contributed by atoms with Gasteiger partial charge in [0.25, 0.3) is 0 Å². The van der Waals surface area contributed by atoms with Gasteiger partial charge in [0.05, 0.1) is 6.61 Å². The summed E-state index contributed by atoms with van der Waals surface area (Å²) in [7, 11) is 0. The lowest BCUT2D eigenvalue weighted by Crippen LogP contribution is -2.12. The molecule has 0 atom stereocenters. The van der Waals surface area contributed by atoms with Crippen LogP contribution in [0.25, 0.3) is 11.1 Å². The quantitative estimate of drug-likeness (QED) is 0.302. The van der Waals surface area contributed by atoms with Gasteiger partial charge in [0.15, 0.2) is 0 Å². The molecule has 0 N–H and O–H groups in total. The van der Waals surface area contributed by atoms with Crippen LogP contribution in [0.15, 0.2) is 30.3 Å². The van der Waals surface area contributed by atoms with Gasteiger partial charge in [-0.05, 0) is 90.3 Å². The van der Waals surface area contributed by atoms with Gasteiger partial charge in [-0.3, -0.25) is 0 Å². The first-order chi connectivity index (χ1) is 16.5. The summed E-state index contributed by atoms with van der Waals surface area (Å²) < 4.78 is 21.6. The minimum Gasteiger partial charge on any atom is -0.493 e. The van der Waals surface area contributed by atoms with Crippen LogP contribution >= 0.6 is 0 Å². The van der Waals surface area contributed by atoms with Crippen LogP contribution in [0.2, 0.25) is 0 Å². The molecule has 2 aromatic carbocycles.